The molecular formula is C20H31ClN2O5. The van der Waals surface area contributed by atoms with E-state index >= 15 is 0 Å². The first kappa shape index (κ1) is 24.2. The maximum atomic E-state index is 9.10. The molecule has 1 fully saturated rings. The van der Waals surface area contributed by atoms with Crippen molar-refractivity contribution in [3.8, 4) is 5.75 Å². The average molecular weight is 415 g/mol. The molecule has 0 atom stereocenters. The molecule has 0 aromatic heterocycles. The van der Waals surface area contributed by atoms with Crippen molar-refractivity contribution < 1.29 is 24.5 Å². The number of aliphatic carboxylic acids is 2. The highest BCUT2D eigenvalue weighted by Gasteiger charge is 2.15. The number of nitrogens with one attached hydrogen (secondary N) is 1. The lowest BCUT2D eigenvalue weighted by atomic mass is 9.87. The molecule has 1 aliphatic heterocycles. The van der Waals surface area contributed by atoms with Crippen molar-refractivity contribution in [1.29, 1.82) is 0 Å². The highest BCUT2D eigenvalue weighted by atomic mass is 35.5. The first-order valence-corrected chi connectivity index (χ1v) is 9.81. The monoisotopic (exact) mass is 414 g/mol. The Kier molecular flexibility index (Phi) is 10.3. The predicted octanol–water partition coefficient (Wildman–Crippen LogP) is 2.86. The fraction of sp³-hybridized carbons (Fsp3) is 0.600. The van der Waals surface area contributed by atoms with Gasteiger partial charge in [0.25, 0.3) is 0 Å². The minimum Gasteiger partial charge on any atom is -0.492 e. The van der Waals surface area contributed by atoms with Gasteiger partial charge in [0.05, 0.1) is 11.6 Å². The minimum absolute atomic E-state index is 0.117. The molecule has 0 radical (unpaired) electrons. The summed E-state index contributed by atoms with van der Waals surface area (Å²) < 4.78 is 5.83. The second-order valence-corrected chi connectivity index (χ2v) is 8.06. The molecule has 1 aliphatic rings. The maximum Gasteiger partial charge on any atom is 0.414 e. The number of piperazine rings is 1. The minimum atomic E-state index is -1.82. The van der Waals surface area contributed by atoms with Crippen molar-refractivity contribution >= 4 is 23.5 Å². The number of unbranched alkanes of at least 4 members (excludes halogenated alkanes) is 1. The average Bonchev–Trinajstić information content (AvgIpc) is 2.63. The zero-order valence-corrected chi connectivity index (χ0v) is 17.6. The van der Waals surface area contributed by atoms with Crippen LogP contribution < -0.4 is 10.1 Å². The molecule has 0 bridgehead atoms. The number of hydrogen-bond donors (Lipinski definition) is 3. The van der Waals surface area contributed by atoms with Crippen molar-refractivity contribution in [1.82, 2.24) is 10.2 Å². The second-order valence-electron chi connectivity index (χ2n) is 7.65. The summed E-state index contributed by atoms with van der Waals surface area (Å²) in [6.07, 6.45) is 2.25. The van der Waals surface area contributed by atoms with Crippen LogP contribution in [0.2, 0.25) is 5.02 Å². The van der Waals surface area contributed by atoms with Crippen molar-refractivity contribution in [3.63, 3.8) is 0 Å². The molecule has 0 unspecified atom stereocenters. The summed E-state index contributed by atoms with van der Waals surface area (Å²) >= 11 is 6.33. The highest BCUT2D eigenvalue weighted by Crippen LogP contribution is 2.31. The van der Waals surface area contributed by atoms with E-state index < -0.39 is 11.9 Å². The van der Waals surface area contributed by atoms with Crippen molar-refractivity contribution in [3.05, 3.63) is 28.8 Å². The van der Waals surface area contributed by atoms with Gasteiger partial charge in [-0.1, -0.05) is 38.4 Å². The van der Waals surface area contributed by atoms with Gasteiger partial charge < -0.3 is 25.2 Å². The van der Waals surface area contributed by atoms with Crippen molar-refractivity contribution in [2.45, 2.75) is 39.0 Å². The van der Waals surface area contributed by atoms with E-state index in [1.165, 1.54) is 31.6 Å². The molecule has 0 spiro atoms. The lowest BCUT2D eigenvalue weighted by Gasteiger charge is -2.27. The zero-order valence-electron chi connectivity index (χ0n) is 16.8. The molecule has 0 aliphatic carbocycles. The van der Waals surface area contributed by atoms with E-state index in [0.717, 1.165) is 36.9 Å². The van der Waals surface area contributed by atoms with Gasteiger partial charge in [0, 0.05) is 26.2 Å². The van der Waals surface area contributed by atoms with Crippen LogP contribution in [-0.2, 0) is 15.0 Å². The fourth-order valence-electron chi connectivity index (χ4n) is 2.64. The first-order chi connectivity index (χ1) is 13.1. The summed E-state index contributed by atoms with van der Waals surface area (Å²) in [5, 5.41) is 18.9. The van der Waals surface area contributed by atoms with E-state index in [1.807, 2.05) is 12.1 Å². The molecule has 7 nitrogen and oxygen atoms in total. The van der Waals surface area contributed by atoms with Crippen LogP contribution in [0, 0.1) is 0 Å². The molecule has 1 aromatic carbocycles. The molecule has 0 amide bonds. The molecule has 158 valence electrons. The standard InChI is InChI=1S/C18H29ClN2O.C2H2O4/c1-18(2,3)15-6-7-17(16(19)14-15)22-13-5-4-10-21-11-8-20-9-12-21;3-1(4)2(5)6/h6-7,14,20H,4-5,8-13H2,1-3H3;(H,3,4)(H,5,6). The Labute approximate surface area is 171 Å². The SMILES string of the molecule is CC(C)(C)c1ccc(OCCCCN2CCNCC2)c(Cl)c1.O=C(O)C(=O)O. The first-order valence-electron chi connectivity index (χ1n) is 9.43. The third-order valence-electron chi connectivity index (χ3n) is 4.32. The number of hydrogen-bond acceptors (Lipinski definition) is 5. The lowest BCUT2D eigenvalue weighted by Crippen LogP contribution is -2.43. The Morgan fingerprint density at radius 1 is 1.14 bits per heavy atom. The summed E-state index contributed by atoms with van der Waals surface area (Å²) in [5.41, 5.74) is 1.36. The Hall–Kier alpha value is -1.83. The Morgan fingerprint density at radius 3 is 2.25 bits per heavy atom. The third kappa shape index (κ3) is 9.39. The number of rotatable bonds is 6. The van der Waals surface area contributed by atoms with Crippen LogP contribution in [0.3, 0.4) is 0 Å². The number of carboxylic acid groups (broad SMARTS) is 2. The van der Waals surface area contributed by atoms with Gasteiger partial charge in [-0.05, 0) is 42.5 Å². The topological polar surface area (TPSA) is 99.1 Å². The van der Waals surface area contributed by atoms with Crippen LogP contribution in [0.1, 0.15) is 39.2 Å². The lowest BCUT2D eigenvalue weighted by molar-refractivity contribution is -0.159. The summed E-state index contributed by atoms with van der Waals surface area (Å²) in [6.45, 7) is 13.0. The molecular weight excluding hydrogens is 384 g/mol. The normalized spacial score (nSPS) is 14.7. The summed E-state index contributed by atoms with van der Waals surface area (Å²) in [5.74, 6) is -2.85. The van der Waals surface area contributed by atoms with Crippen molar-refractivity contribution in [2.75, 3.05) is 39.3 Å². The van der Waals surface area contributed by atoms with Crippen LogP contribution >= 0.6 is 11.6 Å². The van der Waals surface area contributed by atoms with Crippen molar-refractivity contribution in [2.24, 2.45) is 0 Å². The van der Waals surface area contributed by atoms with E-state index in [9.17, 15) is 0 Å². The van der Waals surface area contributed by atoms with E-state index in [2.05, 4.69) is 37.1 Å². The molecule has 1 aromatic rings. The molecule has 8 heteroatoms. The van der Waals surface area contributed by atoms with Crippen LogP contribution in [0.25, 0.3) is 0 Å². The third-order valence-corrected chi connectivity index (χ3v) is 4.61. The van der Waals surface area contributed by atoms with Gasteiger partial charge >= 0.3 is 11.9 Å². The van der Waals surface area contributed by atoms with Crippen LogP contribution in [0.5, 0.6) is 5.75 Å². The molecule has 1 saturated heterocycles. The molecule has 2 rings (SSSR count). The molecule has 1 heterocycles. The summed E-state index contributed by atoms with van der Waals surface area (Å²) in [7, 11) is 0. The highest BCUT2D eigenvalue weighted by molar-refractivity contribution is 6.32. The summed E-state index contributed by atoms with van der Waals surface area (Å²) in [6, 6.07) is 6.14. The van der Waals surface area contributed by atoms with Crippen LogP contribution in [-0.4, -0.2) is 66.4 Å². The van der Waals surface area contributed by atoms with Gasteiger partial charge in [-0.3, -0.25) is 0 Å². The number of benzene rings is 1. The number of carboxylic acids is 2. The number of halogens is 1. The Morgan fingerprint density at radius 2 is 1.75 bits per heavy atom. The summed E-state index contributed by atoms with van der Waals surface area (Å²) in [4.78, 5) is 20.7. The smallest absolute Gasteiger partial charge is 0.414 e. The van der Waals surface area contributed by atoms with Crippen LogP contribution in [0.15, 0.2) is 18.2 Å². The van der Waals surface area contributed by atoms with Gasteiger partial charge in [-0.25, -0.2) is 9.59 Å². The van der Waals surface area contributed by atoms with E-state index in [1.54, 1.807) is 0 Å². The number of carbonyl (C=O) groups is 2. The van der Waals surface area contributed by atoms with Gasteiger partial charge in [-0.15, -0.1) is 0 Å². The quantitative estimate of drug-likeness (QED) is 0.486. The predicted molar refractivity (Wildman–Crippen MR) is 109 cm³/mol. The van der Waals surface area contributed by atoms with Gasteiger partial charge in [0.1, 0.15) is 5.75 Å². The fourth-order valence-corrected chi connectivity index (χ4v) is 2.87. The van der Waals surface area contributed by atoms with Gasteiger partial charge in [-0.2, -0.15) is 0 Å². The second kappa shape index (κ2) is 11.9. The van der Waals surface area contributed by atoms with Gasteiger partial charge in [0.15, 0.2) is 0 Å². The zero-order chi connectivity index (χ0) is 21.2. The largest absolute Gasteiger partial charge is 0.492 e. The van der Waals surface area contributed by atoms with E-state index in [-0.39, 0.29) is 5.41 Å². The van der Waals surface area contributed by atoms with E-state index in [0.29, 0.717) is 0 Å². The molecule has 3 N–H and O–H groups in total. The number of nitrogens with zero attached hydrogens (tertiary/aromatic N) is 1. The van der Waals surface area contributed by atoms with E-state index in [4.69, 9.17) is 36.1 Å². The molecule has 0 saturated carbocycles. The molecule has 28 heavy (non-hydrogen) atoms. The Balaban J connectivity index is 0.000000568. The van der Waals surface area contributed by atoms with Gasteiger partial charge in [0.2, 0.25) is 0 Å². The Bertz CT molecular complexity index is 628. The van der Waals surface area contributed by atoms with Crippen LogP contribution in [0.4, 0.5) is 0 Å². The maximum absolute atomic E-state index is 9.10. The number of ether oxygens (including phenoxy) is 1.